The van der Waals surface area contributed by atoms with Crippen molar-refractivity contribution in [1.29, 1.82) is 0 Å². The molecule has 1 saturated heterocycles. The predicted molar refractivity (Wildman–Crippen MR) is 58.4 cm³/mol. The van der Waals surface area contributed by atoms with Crippen molar-refractivity contribution in [2.75, 3.05) is 6.54 Å². The van der Waals surface area contributed by atoms with Gasteiger partial charge in [0.1, 0.15) is 0 Å². The van der Waals surface area contributed by atoms with Crippen molar-refractivity contribution in [2.45, 2.75) is 64.2 Å². The second kappa shape index (κ2) is 3.21. The van der Waals surface area contributed by atoms with Gasteiger partial charge in [-0.2, -0.15) is 0 Å². The molecular weight excluding hydrogens is 174 g/mol. The van der Waals surface area contributed by atoms with Crippen LogP contribution in [0.4, 0.5) is 0 Å². The third kappa shape index (κ3) is 2.29. The highest BCUT2D eigenvalue weighted by Gasteiger charge is 2.45. The predicted octanol–water partition coefficient (Wildman–Crippen LogP) is 2.33. The molecule has 1 atom stereocenters. The van der Waals surface area contributed by atoms with Gasteiger partial charge in [0.05, 0.1) is 11.2 Å². The molecule has 1 aliphatic heterocycles. The molecule has 0 amide bonds. The maximum Gasteiger partial charge on any atom is 0.0787 e. The van der Waals surface area contributed by atoms with Gasteiger partial charge in [-0.15, -0.1) is 0 Å². The smallest absolute Gasteiger partial charge is 0.0787 e. The molecule has 82 valence electrons. The molecule has 0 aromatic rings. The van der Waals surface area contributed by atoms with Crippen molar-refractivity contribution >= 4 is 0 Å². The Morgan fingerprint density at radius 1 is 1.21 bits per heavy atom. The minimum absolute atomic E-state index is 0.00160. The molecule has 2 rings (SSSR count). The summed E-state index contributed by atoms with van der Waals surface area (Å²) in [5.41, 5.74) is 0.0447. The number of rotatable bonds is 3. The Balaban J connectivity index is 1.89. The van der Waals surface area contributed by atoms with E-state index in [-0.39, 0.29) is 11.2 Å². The summed E-state index contributed by atoms with van der Waals surface area (Å²) in [4.78, 5) is 0. The molecule has 2 heteroatoms. The zero-order chi connectivity index (χ0) is 10.4. The zero-order valence-corrected chi connectivity index (χ0v) is 9.89. The Morgan fingerprint density at radius 3 is 2.29 bits per heavy atom. The van der Waals surface area contributed by atoms with Gasteiger partial charge in [0, 0.05) is 6.04 Å². The Labute approximate surface area is 87.4 Å². The van der Waals surface area contributed by atoms with Crippen molar-refractivity contribution < 1.29 is 4.74 Å². The van der Waals surface area contributed by atoms with E-state index in [0.717, 1.165) is 12.3 Å². The average Bonchev–Trinajstić information content (AvgIpc) is 2.74. The minimum atomic E-state index is -0.00160. The maximum atomic E-state index is 6.04. The molecule has 0 spiro atoms. The highest BCUT2D eigenvalue weighted by molar-refractivity contribution is 4.99. The van der Waals surface area contributed by atoms with Crippen LogP contribution in [0.2, 0.25) is 0 Å². The molecule has 2 aliphatic rings. The topological polar surface area (TPSA) is 21.3 Å². The summed E-state index contributed by atoms with van der Waals surface area (Å²) in [6.45, 7) is 9.97. The second-order valence-corrected chi connectivity index (χ2v) is 6.07. The number of hydrogen-bond donors (Lipinski definition) is 1. The molecule has 1 aliphatic carbocycles. The number of ether oxygens (including phenoxy) is 1. The third-order valence-electron chi connectivity index (χ3n) is 3.42. The van der Waals surface area contributed by atoms with Gasteiger partial charge in [0.15, 0.2) is 0 Å². The maximum absolute atomic E-state index is 6.04. The van der Waals surface area contributed by atoms with Crippen LogP contribution >= 0.6 is 0 Å². The monoisotopic (exact) mass is 197 g/mol. The lowest BCUT2D eigenvalue weighted by Gasteiger charge is -2.27. The van der Waals surface area contributed by atoms with E-state index in [1.165, 1.54) is 19.4 Å². The quantitative estimate of drug-likeness (QED) is 0.750. The summed E-state index contributed by atoms with van der Waals surface area (Å²) < 4.78 is 6.04. The van der Waals surface area contributed by atoms with Crippen LogP contribution in [0.15, 0.2) is 0 Å². The van der Waals surface area contributed by atoms with E-state index in [9.17, 15) is 0 Å². The lowest BCUT2D eigenvalue weighted by molar-refractivity contribution is -0.0698. The molecule has 1 N–H and O–H groups in total. The van der Waals surface area contributed by atoms with E-state index < -0.39 is 0 Å². The van der Waals surface area contributed by atoms with Crippen LogP contribution in [0, 0.1) is 5.92 Å². The standard InChI is InChI=1S/C12H23NO/c1-11(2)7-10(12(3,4)14-11)13-8-9-5-6-9/h9-10,13H,5-8H2,1-4H3. The molecule has 1 saturated carbocycles. The second-order valence-electron chi connectivity index (χ2n) is 6.07. The van der Waals surface area contributed by atoms with Gasteiger partial charge in [-0.3, -0.25) is 0 Å². The molecule has 2 nitrogen and oxygen atoms in total. The Bertz CT molecular complexity index is 218. The summed E-state index contributed by atoms with van der Waals surface area (Å²) in [5, 5.41) is 3.66. The van der Waals surface area contributed by atoms with Crippen molar-refractivity contribution in [2.24, 2.45) is 5.92 Å². The molecular formula is C12H23NO. The van der Waals surface area contributed by atoms with Gasteiger partial charge in [-0.1, -0.05) is 0 Å². The first-order chi connectivity index (χ1) is 6.39. The van der Waals surface area contributed by atoms with Gasteiger partial charge in [0.2, 0.25) is 0 Å². The van der Waals surface area contributed by atoms with E-state index in [2.05, 4.69) is 33.0 Å². The van der Waals surface area contributed by atoms with Crippen LogP contribution in [-0.2, 0) is 4.74 Å². The van der Waals surface area contributed by atoms with E-state index in [0.29, 0.717) is 6.04 Å². The van der Waals surface area contributed by atoms with Crippen LogP contribution < -0.4 is 5.32 Å². The van der Waals surface area contributed by atoms with Gasteiger partial charge in [-0.05, 0) is 59.4 Å². The molecule has 0 aromatic heterocycles. The van der Waals surface area contributed by atoms with Crippen molar-refractivity contribution in [3.63, 3.8) is 0 Å². The fraction of sp³-hybridized carbons (Fsp3) is 1.00. The summed E-state index contributed by atoms with van der Waals surface area (Å²) in [5.74, 6) is 0.953. The Kier molecular flexibility index (Phi) is 2.39. The molecule has 1 heterocycles. The van der Waals surface area contributed by atoms with Crippen LogP contribution in [0.25, 0.3) is 0 Å². The Hall–Kier alpha value is -0.0800. The molecule has 0 bridgehead atoms. The zero-order valence-electron chi connectivity index (χ0n) is 9.89. The summed E-state index contributed by atoms with van der Waals surface area (Å²) in [7, 11) is 0. The van der Waals surface area contributed by atoms with E-state index in [4.69, 9.17) is 4.74 Å². The lowest BCUT2D eigenvalue weighted by Crippen LogP contribution is -2.44. The highest BCUT2D eigenvalue weighted by Crippen LogP contribution is 2.38. The first-order valence-corrected chi connectivity index (χ1v) is 5.83. The summed E-state index contributed by atoms with van der Waals surface area (Å²) in [6, 6.07) is 0.526. The van der Waals surface area contributed by atoms with Crippen molar-refractivity contribution in [3.8, 4) is 0 Å². The number of nitrogens with one attached hydrogen (secondary N) is 1. The fourth-order valence-electron chi connectivity index (χ4n) is 2.51. The van der Waals surface area contributed by atoms with Crippen molar-refractivity contribution in [1.82, 2.24) is 5.32 Å². The van der Waals surface area contributed by atoms with E-state index in [1.54, 1.807) is 0 Å². The van der Waals surface area contributed by atoms with Crippen molar-refractivity contribution in [3.05, 3.63) is 0 Å². The third-order valence-corrected chi connectivity index (χ3v) is 3.42. The largest absolute Gasteiger partial charge is 0.368 e. The SMILES string of the molecule is CC1(C)CC(NCC2CC2)C(C)(C)O1. The average molecular weight is 197 g/mol. The lowest BCUT2D eigenvalue weighted by atomic mass is 9.94. The van der Waals surface area contributed by atoms with Crippen LogP contribution in [0.1, 0.15) is 47.0 Å². The molecule has 2 fully saturated rings. The summed E-state index contributed by atoms with van der Waals surface area (Å²) in [6.07, 6.45) is 3.97. The van der Waals surface area contributed by atoms with Gasteiger partial charge >= 0.3 is 0 Å². The molecule has 14 heavy (non-hydrogen) atoms. The fourth-order valence-corrected chi connectivity index (χ4v) is 2.51. The highest BCUT2D eigenvalue weighted by atomic mass is 16.5. The number of hydrogen-bond acceptors (Lipinski definition) is 2. The Morgan fingerprint density at radius 2 is 1.86 bits per heavy atom. The van der Waals surface area contributed by atoms with E-state index >= 15 is 0 Å². The van der Waals surface area contributed by atoms with E-state index in [1.807, 2.05) is 0 Å². The minimum Gasteiger partial charge on any atom is -0.368 e. The van der Waals surface area contributed by atoms with Gasteiger partial charge in [-0.25, -0.2) is 0 Å². The summed E-state index contributed by atoms with van der Waals surface area (Å²) >= 11 is 0. The molecule has 1 unspecified atom stereocenters. The molecule has 0 radical (unpaired) electrons. The molecule has 0 aromatic carbocycles. The van der Waals surface area contributed by atoms with Crippen LogP contribution in [0.3, 0.4) is 0 Å². The normalized spacial score (nSPS) is 34.7. The van der Waals surface area contributed by atoms with Gasteiger partial charge in [0.25, 0.3) is 0 Å². The van der Waals surface area contributed by atoms with Crippen LogP contribution in [0.5, 0.6) is 0 Å². The van der Waals surface area contributed by atoms with Gasteiger partial charge < -0.3 is 10.1 Å². The van der Waals surface area contributed by atoms with Crippen LogP contribution in [-0.4, -0.2) is 23.8 Å². The first-order valence-electron chi connectivity index (χ1n) is 5.83. The first kappa shape index (κ1) is 10.4.